The number of nitrogens with zero attached hydrogens (tertiary/aromatic N) is 3. The molecule has 1 fully saturated rings. The van der Waals surface area contributed by atoms with Crippen molar-refractivity contribution in [1.82, 2.24) is 9.80 Å². The molecule has 1 aromatic carbocycles. The molecule has 2 aliphatic rings. The fourth-order valence-corrected chi connectivity index (χ4v) is 3.93. The third kappa shape index (κ3) is 4.26. The summed E-state index contributed by atoms with van der Waals surface area (Å²) >= 11 is 1.81. The van der Waals surface area contributed by atoms with E-state index in [2.05, 4.69) is 66.3 Å². The monoisotopic (exact) mass is 371 g/mol. The highest BCUT2D eigenvalue weighted by Crippen LogP contribution is 2.39. The molecular formula is C20H29N5S. The fraction of sp³-hybridized carbons (Fsp3) is 0.450. The highest BCUT2D eigenvalue weighted by Gasteiger charge is 2.25. The lowest BCUT2D eigenvalue weighted by Crippen LogP contribution is -2.47. The minimum absolute atomic E-state index is 0.819. The zero-order chi connectivity index (χ0) is 18.5. The average molecular weight is 372 g/mol. The van der Waals surface area contributed by atoms with Crippen LogP contribution in [0, 0.1) is 6.92 Å². The number of nitrogens with one attached hydrogen (secondary N) is 1. The lowest BCUT2D eigenvalue weighted by molar-refractivity contribution is 0.216. The van der Waals surface area contributed by atoms with Gasteiger partial charge in [0.25, 0.3) is 0 Å². The number of aryl methyl sites for hydroxylation is 1. The van der Waals surface area contributed by atoms with Gasteiger partial charge in [-0.25, -0.2) is 4.99 Å². The van der Waals surface area contributed by atoms with E-state index in [0.29, 0.717) is 0 Å². The number of benzene rings is 1. The number of thiophene rings is 1. The maximum absolute atomic E-state index is 5.03. The van der Waals surface area contributed by atoms with E-state index in [4.69, 9.17) is 10.7 Å². The summed E-state index contributed by atoms with van der Waals surface area (Å²) in [5, 5.41) is 4.78. The molecule has 1 aromatic heterocycles. The number of para-hydroxylation sites is 2. The smallest absolute Gasteiger partial charge is 0.139 e. The van der Waals surface area contributed by atoms with Gasteiger partial charge in [-0.2, -0.15) is 0 Å². The molecule has 0 amide bonds. The van der Waals surface area contributed by atoms with Gasteiger partial charge in [0.15, 0.2) is 0 Å². The Kier molecular flexibility index (Phi) is 6.29. The van der Waals surface area contributed by atoms with Crippen LogP contribution in [0.4, 0.5) is 16.4 Å². The molecule has 140 valence electrons. The van der Waals surface area contributed by atoms with Gasteiger partial charge in [-0.15, -0.1) is 11.3 Å². The molecule has 1 saturated heterocycles. The van der Waals surface area contributed by atoms with Crippen molar-refractivity contribution in [1.29, 1.82) is 0 Å². The van der Waals surface area contributed by atoms with Crippen LogP contribution in [0.5, 0.6) is 0 Å². The van der Waals surface area contributed by atoms with E-state index in [9.17, 15) is 0 Å². The molecule has 5 nitrogen and oxygen atoms in total. The van der Waals surface area contributed by atoms with E-state index < -0.39 is 0 Å². The molecule has 0 bridgehead atoms. The first-order valence-electron chi connectivity index (χ1n) is 9.31. The van der Waals surface area contributed by atoms with Crippen molar-refractivity contribution in [2.45, 2.75) is 20.3 Å². The predicted molar refractivity (Wildman–Crippen MR) is 113 cm³/mol. The van der Waals surface area contributed by atoms with Crippen LogP contribution >= 0.6 is 11.3 Å². The second-order valence-electron chi connectivity index (χ2n) is 6.76. The van der Waals surface area contributed by atoms with E-state index >= 15 is 0 Å². The molecular weight excluding hydrogens is 342 g/mol. The third-order valence-electron chi connectivity index (χ3n) is 4.57. The van der Waals surface area contributed by atoms with Crippen LogP contribution in [-0.2, 0) is 0 Å². The van der Waals surface area contributed by atoms with E-state index in [1.54, 1.807) is 11.3 Å². The Morgan fingerprint density at radius 3 is 2.58 bits per heavy atom. The molecule has 6 heteroatoms. The number of amidine groups is 1. The summed E-state index contributed by atoms with van der Waals surface area (Å²) in [7, 11) is 2.18. The third-order valence-corrected chi connectivity index (χ3v) is 5.53. The molecule has 0 unspecified atom stereocenters. The number of piperazine rings is 1. The van der Waals surface area contributed by atoms with Crippen LogP contribution in [-0.4, -0.2) is 55.4 Å². The second-order valence-corrected chi connectivity index (χ2v) is 8.01. The molecule has 4 rings (SSSR count). The molecule has 3 heterocycles. The van der Waals surface area contributed by atoms with Crippen molar-refractivity contribution in [2.24, 2.45) is 10.7 Å². The van der Waals surface area contributed by atoms with Crippen molar-refractivity contribution >= 4 is 33.5 Å². The Morgan fingerprint density at radius 1 is 1.19 bits per heavy atom. The molecule has 2 aliphatic heterocycles. The summed E-state index contributed by atoms with van der Waals surface area (Å²) in [5.41, 5.74) is 8.38. The zero-order valence-corrected chi connectivity index (χ0v) is 16.8. The topological polar surface area (TPSA) is 56.9 Å². The van der Waals surface area contributed by atoms with E-state index in [-0.39, 0.29) is 0 Å². The van der Waals surface area contributed by atoms with Gasteiger partial charge in [0, 0.05) is 31.1 Å². The number of anilines is 2. The lowest BCUT2D eigenvalue weighted by atomic mass is 10.2. The summed E-state index contributed by atoms with van der Waals surface area (Å²) < 4.78 is 0. The number of rotatable bonds is 1. The van der Waals surface area contributed by atoms with E-state index in [0.717, 1.165) is 56.4 Å². The van der Waals surface area contributed by atoms with Gasteiger partial charge >= 0.3 is 0 Å². The Bertz CT molecular complexity index is 757. The number of hydrogen-bond donors (Lipinski definition) is 2. The number of nitrogens with two attached hydrogens (primary N) is 1. The molecule has 0 atom stereocenters. The molecule has 0 saturated carbocycles. The van der Waals surface area contributed by atoms with Crippen LogP contribution in [0.2, 0.25) is 0 Å². The van der Waals surface area contributed by atoms with Gasteiger partial charge in [-0.1, -0.05) is 19.1 Å². The minimum atomic E-state index is 0.819. The molecule has 26 heavy (non-hydrogen) atoms. The Balaban J connectivity index is 0.000000447. The standard InChI is InChI=1S/C17H20N4S.C3H9N/c1-12-11-13-16(21-9-7-20(2)8-10-21)18-14-5-3-4-6-15(14)19-17(13)22-12;1-2-3-4/h3-6,11,19H,7-10H2,1-2H3;2-4H2,1H3. The molecule has 0 aliphatic carbocycles. The summed E-state index contributed by atoms with van der Waals surface area (Å²) in [6.45, 7) is 9.28. The Morgan fingerprint density at radius 2 is 1.88 bits per heavy atom. The highest BCUT2D eigenvalue weighted by atomic mass is 32.1. The SMILES string of the molecule is CCCN.Cc1cc2c(s1)Nc1ccccc1N=C2N1CCN(C)CC1. The maximum atomic E-state index is 5.03. The van der Waals surface area contributed by atoms with Crippen LogP contribution in [0.3, 0.4) is 0 Å². The first-order chi connectivity index (χ1) is 12.6. The Labute approximate surface area is 160 Å². The summed E-state index contributed by atoms with van der Waals surface area (Å²) in [6, 6.07) is 10.6. The van der Waals surface area contributed by atoms with Gasteiger partial charge in [0.1, 0.15) is 10.8 Å². The van der Waals surface area contributed by atoms with Crippen molar-refractivity contribution in [2.75, 3.05) is 45.1 Å². The normalized spacial score (nSPS) is 16.5. The number of aliphatic imine (C=N–C) groups is 1. The molecule has 0 spiro atoms. The number of hydrogen-bond acceptors (Lipinski definition) is 6. The molecule has 3 N–H and O–H groups in total. The fourth-order valence-electron chi connectivity index (χ4n) is 3.01. The van der Waals surface area contributed by atoms with Gasteiger partial charge < -0.3 is 20.9 Å². The van der Waals surface area contributed by atoms with Crippen LogP contribution in [0.15, 0.2) is 35.3 Å². The van der Waals surface area contributed by atoms with Crippen molar-refractivity contribution in [3.63, 3.8) is 0 Å². The average Bonchev–Trinajstić information content (AvgIpc) is 2.94. The minimum Gasteiger partial charge on any atom is -0.353 e. The van der Waals surface area contributed by atoms with Crippen molar-refractivity contribution in [3.05, 3.63) is 40.8 Å². The number of fused-ring (bicyclic) bond motifs is 2. The van der Waals surface area contributed by atoms with Crippen molar-refractivity contribution in [3.8, 4) is 0 Å². The van der Waals surface area contributed by atoms with Crippen molar-refractivity contribution < 1.29 is 0 Å². The van der Waals surface area contributed by atoms with Crippen LogP contribution < -0.4 is 11.1 Å². The summed E-state index contributed by atoms with van der Waals surface area (Å²) in [6.07, 6.45) is 1.10. The summed E-state index contributed by atoms with van der Waals surface area (Å²) in [4.78, 5) is 11.1. The predicted octanol–water partition coefficient (Wildman–Crippen LogP) is 3.79. The maximum Gasteiger partial charge on any atom is 0.139 e. The first-order valence-corrected chi connectivity index (χ1v) is 10.1. The number of likely N-dealkylation sites (N-methyl/N-ethyl adjacent to an activating group) is 1. The first kappa shape index (κ1) is 18.9. The quantitative estimate of drug-likeness (QED) is 0.801. The highest BCUT2D eigenvalue weighted by molar-refractivity contribution is 7.16. The second kappa shape index (κ2) is 8.66. The zero-order valence-electron chi connectivity index (χ0n) is 16.0. The van der Waals surface area contributed by atoms with E-state index in [1.165, 1.54) is 15.4 Å². The molecule has 0 radical (unpaired) electrons. The lowest BCUT2D eigenvalue weighted by Gasteiger charge is -2.34. The van der Waals surface area contributed by atoms with Gasteiger partial charge in [-0.3, -0.25) is 0 Å². The van der Waals surface area contributed by atoms with Gasteiger partial charge in [-0.05, 0) is 45.1 Å². The van der Waals surface area contributed by atoms with Gasteiger partial charge in [0.2, 0.25) is 0 Å². The van der Waals surface area contributed by atoms with E-state index in [1.807, 2.05) is 0 Å². The largest absolute Gasteiger partial charge is 0.353 e. The molecule has 2 aromatic rings. The summed E-state index contributed by atoms with van der Waals surface area (Å²) in [5.74, 6) is 1.12. The van der Waals surface area contributed by atoms with Crippen LogP contribution in [0.25, 0.3) is 0 Å². The Hall–Kier alpha value is -1.89. The van der Waals surface area contributed by atoms with Crippen LogP contribution in [0.1, 0.15) is 23.8 Å². The van der Waals surface area contributed by atoms with Gasteiger partial charge in [0.05, 0.1) is 16.9 Å².